The van der Waals surface area contributed by atoms with E-state index in [-0.39, 0.29) is 18.0 Å². The van der Waals surface area contributed by atoms with E-state index in [1.807, 2.05) is 0 Å². The molecule has 0 aliphatic carbocycles. The Morgan fingerprint density at radius 3 is 2.74 bits per heavy atom. The van der Waals surface area contributed by atoms with E-state index in [2.05, 4.69) is 25.6 Å². The summed E-state index contributed by atoms with van der Waals surface area (Å²) in [7, 11) is 1.50. The van der Waals surface area contributed by atoms with E-state index in [1.54, 1.807) is 36.5 Å². The van der Waals surface area contributed by atoms with Gasteiger partial charge in [0.15, 0.2) is 0 Å². The molecule has 2 amide bonds. The lowest BCUT2D eigenvalue weighted by Gasteiger charge is -2.18. The number of benzene rings is 1. The van der Waals surface area contributed by atoms with Crippen molar-refractivity contribution in [2.24, 2.45) is 0 Å². The van der Waals surface area contributed by atoms with Crippen molar-refractivity contribution in [2.75, 3.05) is 7.05 Å². The highest BCUT2D eigenvalue weighted by atomic mass is 16.4. The summed E-state index contributed by atoms with van der Waals surface area (Å²) >= 11 is 0. The number of carboxylic acid groups (broad SMARTS) is 1. The van der Waals surface area contributed by atoms with Gasteiger partial charge in [-0.25, -0.2) is 9.97 Å². The molecule has 0 saturated carbocycles. The number of hydrogen-bond acceptors (Lipinski definition) is 5. The second-order valence-corrected chi connectivity index (χ2v) is 5.79. The van der Waals surface area contributed by atoms with Gasteiger partial charge in [-0.05, 0) is 23.8 Å². The van der Waals surface area contributed by atoms with E-state index in [1.165, 1.54) is 13.4 Å². The summed E-state index contributed by atoms with van der Waals surface area (Å²) in [6.07, 6.45) is 2.55. The number of hydrogen-bond donors (Lipinski definition) is 4. The Morgan fingerprint density at radius 1 is 1.19 bits per heavy atom. The normalized spacial score (nSPS) is 11.7. The molecule has 9 heteroatoms. The summed E-state index contributed by atoms with van der Waals surface area (Å²) in [6, 6.07) is 7.29. The van der Waals surface area contributed by atoms with Crippen LogP contribution in [0.2, 0.25) is 0 Å². The number of carbonyl (C=O) groups is 3. The molecule has 0 saturated heterocycles. The van der Waals surface area contributed by atoms with Crippen LogP contribution in [-0.2, 0) is 4.79 Å². The lowest BCUT2D eigenvalue weighted by Crippen LogP contribution is -2.31. The number of aromatic amines is 1. The van der Waals surface area contributed by atoms with Crippen molar-refractivity contribution >= 4 is 28.8 Å². The Hall–Kier alpha value is -3.75. The standard InChI is InChI=1S/C18H17N5O4/c1-19-17(26)11-4-2-3-10(7-11)13(8-14(24)25)23-18(27)15-12-5-6-20-16(12)22-9-21-15/h2-7,9,13H,8H2,1H3,(H,19,26)(H,23,27)(H,24,25)(H,20,21,22)/t13-/m1/s1. The number of rotatable bonds is 6. The number of nitrogens with zero attached hydrogens (tertiary/aromatic N) is 2. The van der Waals surface area contributed by atoms with Gasteiger partial charge in [0.1, 0.15) is 17.7 Å². The molecule has 0 bridgehead atoms. The highest BCUT2D eigenvalue weighted by Gasteiger charge is 2.22. The average molecular weight is 367 g/mol. The maximum absolute atomic E-state index is 12.7. The Kier molecular flexibility index (Phi) is 5.11. The minimum Gasteiger partial charge on any atom is -0.481 e. The van der Waals surface area contributed by atoms with Crippen LogP contribution in [0.4, 0.5) is 0 Å². The van der Waals surface area contributed by atoms with E-state index in [0.29, 0.717) is 22.2 Å². The molecule has 0 aliphatic rings. The number of carboxylic acids is 1. The molecule has 27 heavy (non-hydrogen) atoms. The molecule has 2 aromatic heterocycles. The number of amides is 2. The predicted octanol–water partition coefficient (Wildman–Crippen LogP) is 1.26. The minimum atomic E-state index is -1.08. The molecule has 1 atom stereocenters. The highest BCUT2D eigenvalue weighted by Crippen LogP contribution is 2.20. The van der Waals surface area contributed by atoms with Gasteiger partial charge in [-0.2, -0.15) is 0 Å². The third kappa shape index (κ3) is 3.92. The quantitative estimate of drug-likeness (QED) is 0.518. The topological polar surface area (TPSA) is 137 Å². The first-order valence-corrected chi connectivity index (χ1v) is 8.12. The Morgan fingerprint density at radius 2 is 2.00 bits per heavy atom. The number of H-pyrrole nitrogens is 1. The van der Waals surface area contributed by atoms with Crippen LogP contribution >= 0.6 is 0 Å². The van der Waals surface area contributed by atoms with Gasteiger partial charge in [0.25, 0.3) is 11.8 Å². The zero-order valence-corrected chi connectivity index (χ0v) is 14.4. The van der Waals surface area contributed by atoms with Crippen molar-refractivity contribution in [3.63, 3.8) is 0 Å². The summed E-state index contributed by atoms with van der Waals surface area (Å²) in [4.78, 5) is 46.8. The number of carbonyl (C=O) groups excluding carboxylic acids is 2. The van der Waals surface area contributed by atoms with Gasteiger partial charge in [0.05, 0.1) is 17.8 Å². The molecule has 3 aromatic rings. The van der Waals surface area contributed by atoms with Crippen LogP contribution in [0.5, 0.6) is 0 Å². The van der Waals surface area contributed by atoms with Crippen molar-refractivity contribution in [2.45, 2.75) is 12.5 Å². The van der Waals surface area contributed by atoms with Gasteiger partial charge in [-0.3, -0.25) is 14.4 Å². The van der Waals surface area contributed by atoms with E-state index in [9.17, 15) is 19.5 Å². The fraction of sp³-hybridized carbons (Fsp3) is 0.167. The number of nitrogens with one attached hydrogen (secondary N) is 3. The second kappa shape index (κ2) is 7.65. The van der Waals surface area contributed by atoms with Gasteiger partial charge in [-0.1, -0.05) is 12.1 Å². The van der Waals surface area contributed by atoms with Crippen LogP contribution in [0.1, 0.15) is 38.9 Å². The molecular formula is C18H17N5O4. The molecule has 0 aliphatic heterocycles. The fourth-order valence-corrected chi connectivity index (χ4v) is 2.75. The average Bonchev–Trinajstić information content (AvgIpc) is 3.15. The second-order valence-electron chi connectivity index (χ2n) is 5.79. The fourth-order valence-electron chi connectivity index (χ4n) is 2.75. The Labute approximate surface area is 153 Å². The Balaban J connectivity index is 1.92. The van der Waals surface area contributed by atoms with Gasteiger partial charge in [-0.15, -0.1) is 0 Å². The first-order valence-electron chi connectivity index (χ1n) is 8.12. The summed E-state index contributed by atoms with van der Waals surface area (Å²) in [5.41, 5.74) is 1.52. The largest absolute Gasteiger partial charge is 0.481 e. The van der Waals surface area contributed by atoms with Gasteiger partial charge >= 0.3 is 5.97 Å². The molecular weight excluding hydrogens is 350 g/mol. The molecule has 2 heterocycles. The molecule has 1 aromatic carbocycles. The first kappa shape index (κ1) is 18.1. The van der Waals surface area contributed by atoms with E-state index in [0.717, 1.165) is 0 Å². The third-order valence-electron chi connectivity index (χ3n) is 4.03. The van der Waals surface area contributed by atoms with Crippen LogP contribution in [-0.4, -0.2) is 44.9 Å². The van der Waals surface area contributed by atoms with Crippen molar-refractivity contribution < 1.29 is 19.5 Å². The zero-order chi connectivity index (χ0) is 19.4. The lowest BCUT2D eigenvalue weighted by molar-refractivity contribution is -0.137. The van der Waals surface area contributed by atoms with Gasteiger partial charge < -0.3 is 20.7 Å². The van der Waals surface area contributed by atoms with Gasteiger partial charge in [0, 0.05) is 18.8 Å². The molecule has 138 valence electrons. The molecule has 0 unspecified atom stereocenters. The van der Waals surface area contributed by atoms with Crippen molar-refractivity contribution in [1.82, 2.24) is 25.6 Å². The molecule has 0 spiro atoms. The number of aliphatic carboxylic acids is 1. The molecule has 9 nitrogen and oxygen atoms in total. The summed E-state index contributed by atoms with van der Waals surface area (Å²) in [5, 5.41) is 15.0. The molecule has 4 N–H and O–H groups in total. The smallest absolute Gasteiger partial charge is 0.305 e. The molecule has 0 radical (unpaired) electrons. The van der Waals surface area contributed by atoms with E-state index >= 15 is 0 Å². The monoisotopic (exact) mass is 367 g/mol. The summed E-state index contributed by atoms with van der Waals surface area (Å²) < 4.78 is 0. The summed E-state index contributed by atoms with van der Waals surface area (Å²) in [6.45, 7) is 0. The van der Waals surface area contributed by atoms with Crippen molar-refractivity contribution in [3.05, 3.63) is 59.7 Å². The third-order valence-corrected chi connectivity index (χ3v) is 4.03. The van der Waals surface area contributed by atoms with Crippen LogP contribution in [0, 0.1) is 0 Å². The maximum atomic E-state index is 12.7. The van der Waals surface area contributed by atoms with Gasteiger partial charge in [0.2, 0.25) is 0 Å². The number of aromatic nitrogens is 3. The number of fused-ring (bicyclic) bond motifs is 1. The van der Waals surface area contributed by atoms with Crippen LogP contribution in [0.25, 0.3) is 11.0 Å². The molecule has 0 fully saturated rings. The predicted molar refractivity (Wildman–Crippen MR) is 96.2 cm³/mol. The zero-order valence-electron chi connectivity index (χ0n) is 14.4. The van der Waals surface area contributed by atoms with Crippen molar-refractivity contribution in [1.29, 1.82) is 0 Å². The van der Waals surface area contributed by atoms with Crippen LogP contribution < -0.4 is 10.6 Å². The SMILES string of the molecule is CNC(=O)c1cccc([C@@H](CC(=O)O)NC(=O)c2ncnc3[nH]ccc23)c1. The lowest BCUT2D eigenvalue weighted by atomic mass is 10.0. The first-order chi connectivity index (χ1) is 13.0. The highest BCUT2D eigenvalue weighted by molar-refractivity contribution is 6.03. The van der Waals surface area contributed by atoms with E-state index in [4.69, 9.17) is 0 Å². The van der Waals surface area contributed by atoms with Crippen LogP contribution in [0.15, 0.2) is 42.9 Å². The van der Waals surface area contributed by atoms with E-state index < -0.39 is 17.9 Å². The van der Waals surface area contributed by atoms with Crippen molar-refractivity contribution in [3.8, 4) is 0 Å². The summed E-state index contributed by atoms with van der Waals surface area (Å²) in [5.74, 6) is -1.92. The minimum absolute atomic E-state index is 0.138. The van der Waals surface area contributed by atoms with Crippen LogP contribution in [0.3, 0.4) is 0 Å². The maximum Gasteiger partial charge on any atom is 0.305 e. The Bertz CT molecular complexity index is 1010. The molecule has 3 rings (SSSR count).